The lowest BCUT2D eigenvalue weighted by molar-refractivity contribution is -0.121. The number of rotatable bonds is 9. The summed E-state index contributed by atoms with van der Waals surface area (Å²) < 4.78 is 0. The molecule has 0 aliphatic carbocycles. The lowest BCUT2D eigenvalue weighted by atomic mass is 10.2. The molecule has 0 saturated heterocycles. The number of amides is 1. The van der Waals surface area contributed by atoms with E-state index in [1.165, 1.54) is 0 Å². The van der Waals surface area contributed by atoms with Crippen molar-refractivity contribution in [2.75, 3.05) is 25.1 Å². The Morgan fingerprint density at radius 2 is 2.00 bits per heavy atom. The van der Waals surface area contributed by atoms with Crippen molar-refractivity contribution in [3.05, 3.63) is 0 Å². The second-order valence-corrected chi connectivity index (χ2v) is 4.59. The third-order valence-corrected chi connectivity index (χ3v) is 3.04. The van der Waals surface area contributed by atoms with Gasteiger partial charge in [0.2, 0.25) is 5.91 Å². The van der Waals surface area contributed by atoms with Crippen LogP contribution in [0.5, 0.6) is 0 Å². The Labute approximate surface area is 97.8 Å². The number of carbonyl (C=O) groups is 1. The fraction of sp³-hybridized carbons (Fsp3) is 0.909. The van der Waals surface area contributed by atoms with Crippen LogP contribution in [0.25, 0.3) is 0 Å². The summed E-state index contributed by atoms with van der Waals surface area (Å²) in [6.45, 7) is 5.57. The van der Waals surface area contributed by atoms with E-state index in [0.29, 0.717) is 12.6 Å². The van der Waals surface area contributed by atoms with Crippen LogP contribution in [0, 0.1) is 0 Å². The van der Waals surface area contributed by atoms with E-state index in [0.717, 1.165) is 31.6 Å². The van der Waals surface area contributed by atoms with Crippen LogP contribution >= 0.6 is 11.8 Å². The molecule has 0 radical (unpaired) electrons. The van der Waals surface area contributed by atoms with Gasteiger partial charge >= 0.3 is 0 Å². The van der Waals surface area contributed by atoms with Crippen LogP contribution < -0.4 is 10.6 Å². The Hall–Kier alpha value is -0.220. The Bertz CT molecular complexity index is 161. The molecule has 0 aromatic heterocycles. The molecule has 0 aliphatic heterocycles. The Balaban J connectivity index is 3.40. The van der Waals surface area contributed by atoms with Gasteiger partial charge in [-0.15, -0.1) is 0 Å². The molecule has 0 atom stereocenters. The number of nitrogens with one attached hydrogen (secondary N) is 2. The number of hydrogen-bond donors (Lipinski definition) is 2. The van der Waals surface area contributed by atoms with Gasteiger partial charge in [-0.25, -0.2) is 0 Å². The normalized spacial score (nSPS) is 10.7. The summed E-state index contributed by atoms with van der Waals surface area (Å²) in [5.74, 6) is 1.27. The van der Waals surface area contributed by atoms with Crippen LogP contribution in [0.1, 0.15) is 33.1 Å². The lowest BCUT2D eigenvalue weighted by Gasteiger charge is -2.14. The summed E-state index contributed by atoms with van der Waals surface area (Å²) in [6, 6.07) is 0.338. The van der Waals surface area contributed by atoms with E-state index in [-0.39, 0.29) is 5.91 Å². The number of thioether (sulfide) groups is 1. The van der Waals surface area contributed by atoms with Gasteiger partial charge in [-0.1, -0.05) is 13.8 Å². The Morgan fingerprint density at radius 3 is 2.53 bits per heavy atom. The average Bonchev–Trinajstić information content (AvgIpc) is 2.25. The van der Waals surface area contributed by atoms with Crippen LogP contribution in [-0.2, 0) is 4.79 Å². The van der Waals surface area contributed by atoms with Crippen LogP contribution in [0.4, 0.5) is 0 Å². The van der Waals surface area contributed by atoms with E-state index in [1.807, 2.05) is 11.8 Å². The van der Waals surface area contributed by atoms with Gasteiger partial charge < -0.3 is 10.6 Å². The van der Waals surface area contributed by atoms with Crippen molar-refractivity contribution >= 4 is 17.7 Å². The van der Waals surface area contributed by atoms with Crippen molar-refractivity contribution in [1.29, 1.82) is 0 Å². The molecule has 0 fully saturated rings. The zero-order valence-electron chi connectivity index (χ0n) is 10.1. The molecule has 0 spiro atoms. The summed E-state index contributed by atoms with van der Waals surface area (Å²) >= 11 is 1.84. The van der Waals surface area contributed by atoms with E-state index in [4.69, 9.17) is 0 Å². The molecule has 0 aromatic rings. The highest BCUT2D eigenvalue weighted by atomic mass is 32.2. The Kier molecular flexibility index (Phi) is 10.2. The molecule has 0 bridgehead atoms. The van der Waals surface area contributed by atoms with Crippen LogP contribution in [0.2, 0.25) is 0 Å². The minimum Gasteiger partial charge on any atom is -0.352 e. The summed E-state index contributed by atoms with van der Waals surface area (Å²) in [5, 5.41) is 6.15. The van der Waals surface area contributed by atoms with E-state index >= 15 is 0 Å². The fourth-order valence-electron chi connectivity index (χ4n) is 1.31. The van der Waals surface area contributed by atoms with Crippen LogP contribution in [-0.4, -0.2) is 37.0 Å². The SMILES string of the molecule is CCC(CC)NC(=O)CNCCCSC. The van der Waals surface area contributed by atoms with Gasteiger partial charge in [-0.05, 0) is 37.8 Å². The van der Waals surface area contributed by atoms with Gasteiger partial charge in [-0.2, -0.15) is 11.8 Å². The molecule has 90 valence electrons. The van der Waals surface area contributed by atoms with E-state index in [9.17, 15) is 4.79 Å². The first-order chi connectivity index (χ1) is 7.24. The Morgan fingerprint density at radius 1 is 1.33 bits per heavy atom. The molecule has 0 unspecified atom stereocenters. The van der Waals surface area contributed by atoms with Gasteiger partial charge in [0.15, 0.2) is 0 Å². The van der Waals surface area contributed by atoms with Crippen molar-refractivity contribution in [2.45, 2.75) is 39.2 Å². The maximum atomic E-state index is 11.4. The average molecular weight is 232 g/mol. The molecule has 15 heavy (non-hydrogen) atoms. The van der Waals surface area contributed by atoms with Gasteiger partial charge in [0.25, 0.3) is 0 Å². The molecule has 0 rings (SSSR count). The van der Waals surface area contributed by atoms with E-state index in [1.54, 1.807) is 0 Å². The summed E-state index contributed by atoms with van der Waals surface area (Å²) in [6.07, 6.45) is 5.24. The number of hydrogen-bond acceptors (Lipinski definition) is 3. The third kappa shape index (κ3) is 8.75. The van der Waals surface area contributed by atoms with Crippen LogP contribution in [0.15, 0.2) is 0 Å². The maximum Gasteiger partial charge on any atom is 0.234 e. The highest BCUT2D eigenvalue weighted by Crippen LogP contribution is 1.95. The molecular formula is C11H24N2OS. The molecule has 3 nitrogen and oxygen atoms in total. The minimum absolute atomic E-state index is 0.118. The monoisotopic (exact) mass is 232 g/mol. The topological polar surface area (TPSA) is 41.1 Å². The zero-order valence-corrected chi connectivity index (χ0v) is 11.0. The van der Waals surface area contributed by atoms with Crippen molar-refractivity contribution in [3.8, 4) is 0 Å². The van der Waals surface area contributed by atoms with Gasteiger partial charge in [0, 0.05) is 6.04 Å². The highest BCUT2D eigenvalue weighted by molar-refractivity contribution is 7.98. The van der Waals surface area contributed by atoms with Crippen LogP contribution in [0.3, 0.4) is 0 Å². The fourth-order valence-corrected chi connectivity index (χ4v) is 1.75. The van der Waals surface area contributed by atoms with E-state index < -0.39 is 0 Å². The molecule has 0 saturated carbocycles. The van der Waals surface area contributed by atoms with Crippen molar-refractivity contribution in [2.24, 2.45) is 0 Å². The predicted molar refractivity (Wildman–Crippen MR) is 68.4 cm³/mol. The quantitative estimate of drug-likeness (QED) is 0.594. The molecule has 1 amide bonds. The smallest absolute Gasteiger partial charge is 0.234 e. The van der Waals surface area contributed by atoms with Crippen molar-refractivity contribution in [1.82, 2.24) is 10.6 Å². The first-order valence-corrected chi connectivity index (χ1v) is 7.12. The third-order valence-electron chi connectivity index (χ3n) is 2.34. The van der Waals surface area contributed by atoms with Crippen molar-refractivity contribution < 1.29 is 4.79 Å². The first-order valence-electron chi connectivity index (χ1n) is 5.73. The zero-order chi connectivity index (χ0) is 11.5. The highest BCUT2D eigenvalue weighted by Gasteiger charge is 2.06. The molecule has 2 N–H and O–H groups in total. The van der Waals surface area contributed by atoms with E-state index in [2.05, 4.69) is 30.7 Å². The molecule has 4 heteroatoms. The largest absolute Gasteiger partial charge is 0.352 e. The second kappa shape index (κ2) is 10.3. The molecular weight excluding hydrogens is 208 g/mol. The predicted octanol–water partition coefficient (Wildman–Crippen LogP) is 1.63. The number of carbonyl (C=O) groups excluding carboxylic acids is 1. The van der Waals surface area contributed by atoms with Gasteiger partial charge in [-0.3, -0.25) is 4.79 Å². The maximum absolute atomic E-state index is 11.4. The summed E-state index contributed by atoms with van der Waals surface area (Å²) in [5.41, 5.74) is 0. The molecule has 0 aromatic carbocycles. The summed E-state index contributed by atoms with van der Waals surface area (Å²) in [7, 11) is 0. The van der Waals surface area contributed by atoms with Gasteiger partial charge in [0.05, 0.1) is 6.54 Å². The van der Waals surface area contributed by atoms with Crippen molar-refractivity contribution in [3.63, 3.8) is 0 Å². The van der Waals surface area contributed by atoms with Gasteiger partial charge in [0.1, 0.15) is 0 Å². The standard InChI is InChI=1S/C11H24N2OS/c1-4-10(5-2)13-11(14)9-12-7-6-8-15-3/h10,12H,4-9H2,1-3H3,(H,13,14). The second-order valence-electron chi connectivity index (χ2n) is 3.60. The molecule has 0 aliphatic rings. The first kappa shape index (κ1) is 14.8. The lowest BCUT2D eigenvalue weighted by Crippen LogP contribution is -2.40. The summed E-state index contributed by atoms with van der Waals surface area (Å²) in [4.78, 5) is 11.4. The molecule has 0 heterocycles. The minimum atomic E-state index is 0.118.